The lowest BCUT2D eigenvalue weighted by Gasteiger charge is -2.29. The summed E-state index contributed by atoms with van der Waals surface area (Å²) in [5, 5.41) is 4.20. The standard InChI is InChI=1S/C23H24N2O2S/c1-17(11-12-18-7-3-2-4-8-18)24-23(26)21-13-14-22(28-21)25-15-16-27-20-10-6-5-9-19(20)25/h2-10,13-14,17H,11-12,15-16H2,1H3,(H,24,26). The van der Waals surface area contributed by atoms with E-state index < -0.39 is 0 Å². The number of benzene rings is 2. The maximum absolute atomic E-state index is 12.7. The van der Waals surface area contributed by atoms with Crippen LogP contribution in [-0.4, -0.2) is 25.1 Å². The van der Waals surface area contributed by atoms with Gasteiger partial charge in [-0.1, -0.05) is 42.5 Å². The Morgan fingerprint density at radius 2 is 1.89 bits per heavy atom. The zero-order valence-corrected chi connectivity index (χ0v) is 16.7. The molecule has 0 spiro atoms. The molecule has 1 N–H and O–H groups in total. The number of carbonyl (C=O) groups excluding carboxylic acids is 1. The lowest BCUT2D eigenvalue weighted by molar-refractivity contribution is 0.0942. The van der Waals surface area contributed by atoms with Crippen LogP contribution in [0.25, 0.3) is 0 Å². The monoisotopic (exact) mass is 392 g/mol. The Balaban J connectivity index is 1.38. The maximum atomic E-state index is 12.7. The van der Waals surface area contributed by atoms with Gasteiger partial charge >= 0.3 is 0 Å². The van der Waals surface area contributed by atoms with Gasteiger partial charge in [-0.15, -0.1) is 11.3 Å². The Bertz CT molecular complexity index is 939. The van der Waals surface area contributed by atoms with Crippen molar-refractivity contribution < 1.29 is 9.53 Å². The smallest absolute Gasteiger partial charge is 0.261 e. The van der Waals surface area contributed by atoms with Gasteiger partial charge in [0.15, 0.2) is 0 Å². The van der Waals surface area contributed by atoms with Crippen molar-refractivity contribution in [1.82, 2.24) is 5.32 Å². The molecule has 1 atom stereocenters. The minimum atomic E-state index is -0.00152. The topological polar surface area (TPSA) is 41.6 Å². The van der Waals surface area contributed by atoms with Gasteiger partial charge < -0.3 is 15.0 Å². The molecule has 1 aromatic heterocycles. The molecule has 0 saturated carbocycles. The minimum absolute atomic E-state index is 0.00152. The molecular weight excluding hydrogens is 368 g/mol. The highest BCUT2D eigenvalue weighted by atomic mass is 32.1. The number of carbonyl (C=O) groups is 1. The summed E-state index contributed by atoms with van der Waals surface area (Å²) in [5.74, 6) is 0.890. The van der Waals surface area contributed by atoms with E-state index in [9.17, 15) is 4.79 Å². The molecule has 3 aromatic rings. The fraction of sp³-hybridized carbons (Fsp3) is 0.261. The van der Waals surface area contributed by atoms with Crippen LogP contribution < -0.4 is 15.0 Å². The second-order valence-corrected chi connectivity index (χ2v) is 8.07. The Morgan fingerprint density at radius 1 is 1.11 bits per heavy atom. The molecular formula is C23H24N2O2S. The summed E-state index contributed by atoms with van der Waals surface area (Å²) in [4.78, 5) is 15.6. The minimum Gasteiger partial charge on any atom is -0.490 e. The number of para-hydroxylation sites is 2. The zero-order valence-electron chi connectivity index (χ0n) is 15.9. The second kappa shape index (κ2) is 8.48. The van der Waals surface area contributed by atoms with Gasteiger partial charge in [0.25, 0.3) is 5.91 Å². The number of rotatable bonds is 6. The Hall–Kier alpha value is -2.79. The van der Waals surface area contributed by atoms with Gasteiger partial charge in [0, 0.05) is 6.04 Å². The van der Waals surface area contributed by atoms with Crippen molar-refractivity contribution >= 4 is 27.9 Å². The van der Waals surface area contributed by atoms with E-state index in [2.05, 4.69) is 47.5 Å². The number of hydrogen-bond donors (Lipinski definition) is 1. The van der Waals surface area contributed by atoms with Gasteiger partial charge in [0.05, 0.1) is 22.1 Å². The number of ether oxygens (including phenoxy) is 1. The number of amides is 1. The lowest BCUT2D eigenvalue weighted by atomic mass is 10.1. The number of thiophene rings is 1. The van der Waals surface area contributed by atoms with Crippen LogP contribution in [0.3, 0.4) is 0 Å². The van der Waals surface area contributed by atoms with Crippen molar-refractivity contribution in [2.45, 2.75) is 25.8 Å². The van der Waals surface area contributed by atoms with Crippen LogP contribution in [0.5, 0.6) is 5.75 Å². The van der Waals surface area contributed by atoms with Gasteiger partial charge in [-0.05, 0) is 49.6 Å². The summed E-state index contributed by atoms with van der Waals surface area (Å²) < 4.78 is 5.73. The largest absolute Gasteiger partial charge is 0.490 e. The molecule has 1 unspecified atom stereocenters. The van der Waals surface area contributed by atoms with Crippen molar-refractivity contribution in [3.8, 4) is 5.75 Å². The van der Waals surface area contributed by atoms with Crippen molar-refractivity contribution in [3.05, 3.63) is 77.2 Å². The molecule has 0 bridgehead atoms. The molecule has 1 aliphatic rings. The first-order valence-corrected chi connectivity index (χ1v) is 10.5. The summed E-state index contributed by atoms with van der Waals surface area (Å²) in [7, 11) is 0. The van der Waals surface area contributed by atoms with E-state index in [-0.39, 0.29) is 11.9 Å². The van der Waals surface area contributed by atoms with Crippen molar-refractivity contribution in [2.75, 3.05) is 18.1 Å². The van der Waals surface area contributed by atoms with Crippen molar-refractivity contribution in [1.29, 1.82) is 0 Å². The zero-order chi connectivity index (χ0) is 19.3. The highest BCUT2D eigenvalue weighted by molar-refractivity contribution is 7.18. The molecule has 0 saturated heterocycles. The number of nitrogens with one attached hydrogen (secondary N) is 1. The van der Waals surface area contributed by atoms with Crippen LogP contribution in [0.15, 0.2) is 66.7 Å². The molecule has 4 rings (SSSR count). The van der Waals surface area contributed by atoms with Crippen molar-refractivity contribution in [3.63, 3.8) is 0 Å². The molecule has 2 heterocycles. The van der Waals surface area contributed by atoms with Gasteiger partial charge in [-0.25, -0.2) is 0 Å². The third-order valence-electron chi connectivity index (χ3n) is 4.90. The first-order chi connectivity index (χ1) is 13.7. The van der Waals surface area contributed by atoms with E-state index in [0.29, 0.717) is 6.61 Å². The average molecular weight is 393 g/mol. The summed E-state index contributed by atoms with van der Waals surface area (Å²) in [6.45, 7) is 3.49. The second-order valence-electron chi connectivity index (χ2n) is 7.00. The molecule has 0 radical (unpaired) electrons. The Kier molecular flexibility index (Phi) is 5.63. The molecule has 5 heteroatoms. The molecule has 144 valence electrons. The normalized spacial score (nSPS) is 14.1. The average Bonchev–Trinajstić information content (AvgIpc) is 3.23. The Labute approximate surface area is 169 Å². The number of aryl methyl sites for hydroxylation is 1. The first kappa shape index (κ1) is 18.6. The number of anilines is 2. The molecule has 2 aromatic carbocycles. The molecule has 0 aliphatic carbocycles. The van der Waals surface area contributed by atoms with Gasteiger partial charge in [0.2, 0.25) is 0 Å². The first-order valence-electron chi connectivity index (χ1n) is 9.65. The van der Waals surface area contributed by atoms with Crippen LogP contribution in [0, 0.1) is 0 Å². The van der Waals surface area contributed by atoms with E-state index in [1.54, 1.807) is 0 Å². The number of nitrogens with zero attached hydrogens (tertiary/aromatic N) is 1. The van der Waals surface area contributed by atoms with Crippen LogP contribution >= 0.6 is 11.3 Å². The van der Waals surface area contributed by atoms with Crippen LogP contribution in [0.4, 0.5) is 10.7 Å². The third-order valence-corrected chi connectivity index (χ3v) is 6.00. The van der Waals surface area contributed by atoms with Gasteiger partial charge in [-0.2, -0.15) is 0 Å². The van der Waals surface area contributed by atoms with Crippen LogP contribution in [0.2, 0.25) is 0 Å². The van der Waals surface area contributed by atoms with Crippen molar-refractivity contribution in [2.24, 2.45) is 0 Å². The van der Waals surface area contributed by atoms with Crippen LogP contribution in [-0.2, 0) is 6.42 Å². The lowest BCUT2D eigenvalue weighted by Crippen LogP contribution is -2.32. The van der Waals surface area contributed by atoms with Crippen LogP contribution in [0.1, 0.15) is 28.6 Å². The van der Waals surface area contributed by atoms with E-state index >= 15 is 0 Å². The van der Waals surface area contributed by atoms with Gasteiger partial charge in [0.1, 0.15) is 12.4 Å². The fourth-order valence-corrected chi connectivity index (χ4v) is 4.34. The predicted molar refractivity (Wildman–Crippen MR) is 115 cm³/mol. The van der Waals surface area contributed by atoms with E-state index in [4.69, 9.17) is 4.74 Å². The molecule has 1 amide bonds. The number of fused-ring (bicyclic) bond motifs is 1. The summed E-state index contributed by atoms with van der Waals surface area (Å²) >= 11 is 1.53. The fourth-order valence-electron chi connectivity index (χ4n) is 3.39. The van der Waals surface area contributed by atoms with E-state index in [0.717, 1.165) is 40.7 Å². The van der Waals surface area contributed by atoms with E-state index in [1.807, 2.05) is 36.4 Å². The number of hydrogen-bond acceptors (Lipinski definition) is 4. The summed E-state index contributed by atoms with van der Waals surface area (Å²) in [6.07, 6.45) is 1.88. The summed E-state index contributed by atoms with van der Waals surface area (Å²) in [6, 6.07) is 22.5. The Morgan fingerprint density at radius 3 is 2.75 bits per heavy atom. The molecule has 1 aliphatic heterocycles. The maximum Gasteiger partial charge on any atom is 0.261 e. The SMILES string of the molecule is CC(CCc1ccccc1)NC(=O)c1ccc(N2CCOc3ccccc32)s1. The molecule has 28 heavy (non-hydrogen) atoms. The molecule has 0 fully saturated rings. The molecule has 4 nitrogen and oxygen atoms in total. The highest BCUT2D eigenvalue weighted by Crippen LogP contribution is 2.39. The third kappa shape index (κ3) is 4.20. The highest BCUT2D eigenvalue weighted by Gasteiger charge is 2.21. The van der Waals surface area contributed by atoms with Gasteiger partial charge in [-0.3, -0.25) is 4.79 Å². The quantitative estimate of drug-likeness (QED) is 0.640. The van der Waals surface area contributed by atoms with E-state index in [1.165, 1.54) is 16.9 Å². The predicted octanol–water partition coefficient (Wildman–Crippen LogP) is 5.03. The summed E-state index contributed by atoms with van der Waals surface area (Å²) in [5.41, 5.74) is 2.35.